The van der Waals surface area contributed by atoms with Gasteiger partial charge in [0.05, 0.1) is 18.8 Å². The van der Waals surface area contributed by atoms with Gasteiger partial charge in [0, 0.05) is 6.54 Å². The summed E-state index contributed by atoms with van der Waals surface area (Å²) in [4.78, 5) is 0. The van der Waals surface area contributed by atoms with E-state index >= 15 is 0 Å². The average Bonchev–Trinajstić information content (AvgIpc) is 2.29. The van der Waals surface area contributed by atoms with E-state index in [2.05, 4.69) is 50.4 Å². The number of benzene rings is 1. The SMILES string of the molecule is CC(C)c1ccccc1C1NCCOC1C. The van der Waals surface area contributed by atoms with E-state index in [-0.39, 0.29) is 6.10 Å². The lowest BCUT2D eigenvalue weighted by atomic mass is 9.90. The summed E-state index contributed by atoms with van der Waals surface area (Å²) in [6.07, 6.45) is 0.258. The highest BCUT2D eigenvalue weighted by atomic mass is 16.5. The molecule has 0 bridgehead atoms. The predicted octanol–water partition coefficient (Wildman–Crippen LogP) is 2.86. The minimum absolute atomic E-state index is 0.258. The second-order valence-corrected chi connectivity index (χ2v) is 4.79. The Kier molecular flexibility index (Phi) is 3.62. The number of nitrogens with one attached hydrogen (secondary N) is 1. The highest BCUT2D eigenvalue weighted by Gasteiger charge is 2.25. The molecule has 1 saturated heterocycles. The summed E-state index contributed by atoms with van der Waals surface area (Å²) in [7, 11) is 0. The van der Waals surface area contributed by atoms with Gasteiger partial charge in [-0.2, -0.15) is 0 Å². The van der Waals surface area contributed by atoms with Gasteiger partial charge in [0.2, 0.25) is 0 Å². The predicted molar refractivity (Wildman–Crippen MR) is 66.7 cm³/mol. The van der Waals surface area contributed by atoms with E-state index < -0.39 is 0 Å². The Morgan fingerprint density at radius 3 is 2.75 bits per heavy atom. The summed E-state index contributed by atoms with van der Waals surface area (Å²) in [5, 5.41) is 3.56. The Morgan fingerprint density at radius 2 is 2.06 bits per heavy atom. The zero-order valence-electron chi connectivity index (χ0n) is 10.4. The van der Waals surface area contributed by atoms with Crippen LogP contribution in [-0.2, 0) is 4.74 Å². The van der Waals surface area contributed by atoms with Gasteiger partial charge in [-0.15, -0.1) is 0 Å². The number of morpholine rings is 1. The molecule has 0 aromatic heterocycles. The van der Waals surface area contributed by atoms with Crippen LogP contribution in [-0.4, -0.2) is 19.3 Å². The topological polar surface area (TPSA) is 21.3 Å². The Hall–Kier alpha value is -0.860. The minimum atomic E-state index is 0.258. The first kappa shape index (κ1) is 11.6. The van der Waals surface area contributed by atoms with Crippen molar-refractivity contribution in [3.63, 3.8) is 0 Å². The first-order chi connectivity index (χ1) is 7.70. The van der Waals surface area contributed by atoms with Crippen molar-refractivity contribution in [2.75, 3.05) is 13.2 Å². The quantitative estimate of drug-likeness (QED) is 0.826. The van der Waals surface area contributed by atoms with Crippen LogP contribution in [0.15, 0.2) is 24.3 Å². The molecule has 2 unspecified atom stereocenters. The van der Waals surface area contributed by atoms with Crippen LogP contribution in [0.3, 0.4) is 0 Å². The zero-order valence-corrected chi connectivity index (χ0v) is 10.4. The van der Waals surface area contributed by atoms with Crippen molar-refractivity contribution in [1.82, 2.24) is 5.32 Å². The van der Waals surface area contributed by atoms with Crippen molar-refractivity contribution in [3.8, 4) is 0 Å². The molecule has 1 aliphatic heterocycles. The Morgan fingerprint density at radius 1 is 1.31 bits per heavy atom. The van der Waals surface area contributed by atoms with E-state index in [0.29, 0.717) is 12.0 Å². The van der Waals surface area contributed by atoms with Crippen LogP contribution in [0.1, 0.15) is 43.9 Å². The van der Waals surface area contributed by atoms with E-state index in [1.54, 1.807) is 0 Å². The molecular weight excluding hydrogens is 198 g/mol. The molecule has 88 valence electrons. The summed E-state index contributed by atoms with van der Waals surface area (Å²) >= 11 is 0. The molecule has 1 heterocycles. The molecule has 0 saturated carbocycles. The number of ether oxygens (including phenoxy) is 1. The van der Waals surface area contributed by atoms with Crippen LogP contribution in [0.2, 0.25) is 0 Å². The van der Waals surface area contributed by atoms with Gasteiger partial charge in [0.15, 0.2) is 0 Å². The van der Waals surface area contributed by atoms with Gasteiger partial charge in [-0.1, -0.05) is 38.1 Å². The Labute approximate surface area is 98.0 Å². The maximum atomic E-state index is 5.72. The number of hydrogen-bond donors (Lipinski definition) is 1. The summed E-state index contributed by atoms with van der Waals surface area (Å²) in [6.45, 7) is 8.40. The van der Waals surface area contributed by atoms with Crippen LogP contribution >= 0.6 is 0 Å². The van der Waals surface area contributed by atoms with Crippen molar-refractivity contribution >= 4 is 0 Å². The fourth-order valence-electron chi connectivity index (χ4n) is 2.40. The monoisotopic (exact) mass is 219 g/mol. The van der Waals surface area contributed by atoms with Gasteiger partial charge in [-0.3, -0.25) is 0 Å². The third-order valence-electron chi connectivity index (χ3n) is 3.27. The Bertz CT molecular complexity index is 348. The molecule has 1 N–H and O–H groups in total. The Balaban J connectivity index is 2.31. The molecule has 2 nitrogen and oxygen atoms in total. The molecule has 2 rings (SSSR count). The molecule has 16 heavy (non-hydrogen) atoms. The molecule has 0 spiro atoms. The van der Waals surface area contributed by atoms with Gasteiger partial charge < -0.3 is 10.1 Å². The highest BCUT2D eigenvalue weighted by Crippen LogP contribution is 2.29. The summed E-state index contributed by atoms with van der Waals surface area (Å²) in [5.74, 6) is 0.562. The number of rotatable bonds is 2. The van der Waals surface area contributed by atoms with Crippen molar-refractivity contribution < 1.29 is 4.74 Å². The fourth-order valence-corrected chi connectivity index (χ4v) is 2.40. The molecule has 2 heteroatoms. The van der Waals surface area contributed by atoms with Gasteiger partial charge >= 0.3 is 0 Å². The van der Waals surface area contributed by atoms with E-state index in [4.69, 9.17) is 4.74 Å². The van der Waals surface area contributed by atoms with E-state index in [1.807, 2.05) is 0 Å². The molecule has 1 aromatic rings. The second-order valence-electron chi connectivity index (χ2n) is 4.79. The molecule has 0 radical (unpaired) electrons. The lowest BCUT2D eigenvalue weighted by Gasteiger charge is -2.32. The van der Waals surface area contributed by atoms with Crippen molar-refractivity contribution in [2.24, 2.45) is 0 Å². The van der Waals surface area contributed by atoms with Crippen LogP contribution in [0.5, 0.6) is 0 Å². The largest absolute Gasteiger partial charge is 0.375 e. The smallest absolute Gasteiger partial charge is 0.0742 e. The molecule has 2 atom stereocenters. The minimum Gasteiger partial charge on any atom is -0.375 e. The van der Waals surface area contributed by atoms with Gasteiger partial charge in [-0.05, 0) is 24.0 Å². The molecule has 1 aliphatic rings. The molecule has 1 aromatic carbocycles. The maximum Gasteiger partial charge on any atom is 0.0742 e. The van der Waals surface area contributed by atoms with Crippen LogP contribution in [0.25, 0.3) is 0 Å². The molecule has 0 aliphatic carbocycles. The van der Waals surface area contributed by atoms with Crippen LogP contribution < -0.4 is 5.32 Å². The maximum absolute atomic E-state index is 5.72. The van der Waals surface area contributed by atoms with E-state index in [1.165, 1.54) is 11.1 Å². The fraction of sp³-hybridized carbons (Fsp3) is 0.571. The summed E-state index contributed by atoms with van der Waals surface area (Å²) < 4.78 is 5.72. The number of hydrogen-bond acceptors (Lipinski definition) is 2. The second kappa shape index (κ2) is 4.98. The molecule has 1 fully saturated rings. The standard InChI is InChI=1S/C14H21NO/c1-10(2)12-6-4-5-7-13(12)14-11(3)16-9-8-15-14/h4-7,10-11,14-15H,8-9H2,1-3H3. The van der Waals surface area contributed by atoms with Crippen molar-refractivity contribution in [2.45, 2.75) is 38.8 Å². The molecule has 0 amide bonds. The molecular formula is C14H21NO. The average molecular weight is 219 g/mol. The van der Waals surface area contributed by atoms with E-state index in [0.717, 1.165) is 13.2 Å². The van der Waals surface area contributed by atoms with Gasteiger partial charge in [-0.25, -0.2) is 0 Å². The third-order valence-corrected chi connectivity index (χ3v) is 3.27. The van der Waals surface area contributed by atoms with Gasteiger partial charge in [0.25, 0.3) is 0 Å². The lowest BCUT2D eigenvalue weighted by Crippen LogP contribution is -2.40. The third kappa shape index (κ3) is 2.28. The highest BCUT2D eigenvalue weighted by molar-refractivity contribution is 5.33. The van der Waals surface area contributed by atoms with E-state index in [9.17, 15) is 0 Å². The summed E-state index contributed by atoms with van der Waals surface area (Å²) in [6, 6.07) is 9.02. The van der Waals surface area contributed by atoms with Crippen LogP contribution in [0, 0.1) is 0 Å². The normalized spacial score (nSPS) is 26.0. The first-order valence-corrected chi connectivity index (χ1v) is 6.14. The zero-order chi connectivity index (χ0) is 11.5. The van der Waals surface area contributed by atoms with Crippen molar-refractivity contribution in [1.29, 1.82) is 0 Å². The first-order valence-electron chi connectivity index (χ1n) is 6.14. The summed E-state index contributed by atoms with van der Waals surface area (Å²) in [5.41, 5.74) is 2.82. The van der Waals surface area contributed by atoms with Gasteiger partial charge in [0.1, 0.15) is 0 Å². The lowest BCUT2D eigenvalue weighted by molar-refractivity contribution is 0.00727. The van der Waals surface area contributed by atoms with Crippen LogP contribution in [0.4, 0.5) is 0 Å². The van der Waals surface area contributed by atoms with Crippen molar-refractivity contribution in [3.05, 3.63) is 35.4 Å².